The summed E-state index contributed by atoms with van der Waals surface area (Å²) in [5, 5.41) is 10.1. The molecule has 1 aliphatic heterocycles. The van der Waals surface area contributed by atoms with Crippen LogP contribution in [0.2, 0.25) is 0 Å². The van der Waals surface area contributed by atoms with Gasteiger partial charge in [0, 0.05) is 17.7 Å². The molecule has 4 rings (SSSR count). The molecular formula is C21H19N5O3S. The van der Waals surface area contributed by atoms with Gasteiger partial charge in [-0.15, -0.1) is 11.3 Å². The standard InChI is InChI=1S/C21H19N5O3S/c1-29-16-8-3-5-12(14(16)11-22)13-6-2-7-15-17(13)30-19(25-15)21(18(23)27)9-4-10-26(21)20(24)28/h2-3,5-8H,4,9-10H2,1H3,(H2,23,27)(H2,24,28). The van der Waals surface area contributed by atoms with Crippen LogP contribution in [0.25, 0.3) is 21.3 Å². The Bertz CT molecular complexity index is 1220. The van der Waals surface area contributed by atoms with Crippen molar-refractivity contribution in [3.63, 3.8) is 0 Å². The van der Waals surface area contributed by atoms with E-state index in [4.69, 9.17) is 16.2 Å². The topological polar surface area (TPSA) is 135 Å². The van der Waals surface area contributed by atoms with Crippen LogP contribution >= 0.6 is 11.3 Å². The molecule has 0 bridgehead atoms. The van der Waals surface area contributed by atoms with Gasteiger partial charge < -0.3 is 21.1 Å². The third kappa shape index (κ3) is 2.76. The highest BCUT2D eigenvalue weighted by atomic mass is 32.1. The molecule has 9 heteroatoms. The number of aromatic nitrogens is 1. The van der Waals surface area contributed by atoms with E-state index in [2.05, 4.69) is 11.1 Å². The van der Waals surface area contributed by atoms with E-state index in [0.717, 1.165) is 10.3 Å². The molecule has 1 atom stereocenters. The summed E-state index contributed by atoms with van der Waals surface area (Å²) in [6, 6.07) is 12.4. The molecule has 8 nitrogen and oxygen atoms in total. The second-order valence-electron chi connectivity index (χ2n) is 6.99. The van der Waals surface area contributed by atoms with E-state index in [-0.39, 0.29) is 0 Å². The van der Waals surface area contributed by atoms with Crippen molar-refractivity contribution in [3.05, 3.63) is 47.0 Å². The molecule has 0 spiro atoms. The normalized spacial score (nSPS) is 18.3. The highest BCUT2D eigenvalue weighted by Crippen LogP contribution is 2.44. The SMILES string of the molecule is COc1cccc(-c2cccc3nc(C4(C(N)=O)CCCN4C(N)=O)sc23)c1C#N. The summed E-state index contributed by atoms with van der Waals surface area (Å²) in [6.45, 7) is 0.343. The summed E-state index contributed by atoms with van der Waals surface area (Å²) in [7, 11) is 1.51. The molecule has 1 aliphatic rings. The number of nitrogens with two attached hydrogens (primary N) is 2. The molecule has 1 saturated heterocycles. The van der Waals surface area contributed by atoms with Crippen molar-refractivity contribution in [1.29, 1.82) is 5.26 Å². The van der Waals surface area contributed by atoms with Crippen molar-refractivity contribution in [2.45, 2.75) is 18.4 Å². The van der Waals surface area contributed by atoms with Crippen molar-refractivity contribution in [2.75, 3.05) is 13.7 Å². The number of carbonyl (C=O) groups is 2. The molecular weight excluding hydrogens is 402 g/mol. The highest BCUT2D eigenvalue weighted by Gasteiger charge is 2.52. The van der Waals surface area contributed by atoms with Crippen molar-refractivity contribution in [3.8, 4) is 22.9 Å². The molecule has 152 valence electrons. The third-order valence-corrected chi connectivity index (χ3v) is 6.73. The van der Waals surface area contributed by atoms with Crippen LogP contribution in [0.1, 0.15) is 23.4 Å². The summed E-state index contributed by atoms with van der Waals surface area (Å²) in [5.41, 5.74) is 12.5. The van der Waals surface area contributed by atoms with Crippen LogP contribution in [0.4, 0.5) is 4.79 Å². The number of thiazole rings is 1. The predicted molar refractivity (Wildman–Crippen MR) is 113 cm³/mol. The number of fused-ring (bicyclic) bond motifs is 1. The second kappa shape index (κ2) is 7.31. The molecule has 3 amide bonds. The minimum atomic E-state index is -1.36. The van der Waals surface area contributed by atoms with Crippen LogP contribution in [0.15, 0.2) is 36.4 Å². The third-order valence-electron chi connectivity index (χ3n) is 5.47. The predicted octanol–water partition coefficient (Wildman–Crippen LogP) is 2.70. The Morgan fingerprint density at radius 1 is 1.23 bits per heavy atom. The van der Waals surface area contributed by atoms with Crippen LogP contribution in [-0.2, 0) is 10.3 Å². The van der Waals surface area contributed by atoms with Crippen LogP contribution in [0.5, 0.6) is 5.75 Å². The Kier molecular flexibility index (Phi) is 4.79. The van der Waals surface area contributed by atoms with Gasteiger partial charge in [0.05, 0.1) is 17.3 Å². The minimum absolute atomic E-state index is 0.343. The lowest BCUT2D eigenvalue weighted by Crippen LogP contribution is -2.55. The van der Waals surface area contributed by atoms with Gasteiger partial charge in [0.15, 0.2) is 5.54 Å². The molecule has 0 aliphatic carbocycles. The lowest BCUT2D eigenvalue weighted by atomic mass is 9.96. The van der Waals surface area contributed by atoms with Gasteiger partial charge in [-0.25, -0.2) is 9.78 Å². The summed E-state index contributed by atoms with van der Waals surface area (Å²) >= 11 is 1.29. The van der Waals surface area contributed by atoms with Gasteiger partial charge in [0.1, 0.15) is 22.4 Å². The molecule has 3 aromatic rings. The summed E-state index contributed by atoms with van der Waals surface area (Å²) < 4.78 is 6.12. The molecule has 1 fully saturated rings. The van der Waals surface area contributed by atoms with Crippen molar-refractivity contribution in [1.82, 2.24) is 9.88 Å². The zero-order valence-electron chi connectivity index (χ0n) is 16.2. The molecule has 30 heavy (non-hydrogen) atoms. The van der Waals surface area contributed by atoms with E-state index >= 15 is 0 Å². The quantitative estimate of drug-likeness (QED) is 0.668. The van der Waals surface area contributed by atoms with Crippen LogP contribution in [-0.4, -0.2) is 35.5 Å². The van der Waals surface area contributed by atoms with E-state index in [1.165, 1.54) is 23.3 Å². The fourth-order valence-corrected chi connectivity index (χ4v) is 5.41. The number of amides is 3. The first-order valence-electron chi connectivity index (χ1n) is 9.28. The number of methoxy groups -OCH3 is 1. The van der Waals surface area contributed by atoms with E-state index in [1.54, 1.807) is 6.07 Å². The molecule has 2 aromatic carbocycles. The Morgan fingerprint density at radius 2 is 1.97 bits per heavy atom. The van der Waals surface area contributed by atoms with Crippen LogP contribution in [0.3, 0.4) is 0 Å². The van der Waals surface area contributed by atoms with Crippen molar-refractivity contribution in [2.24, 2.45) is 11.5 Å². The number of primary amides is 2. The van der Waals surface area contributed by atoms with E-state index < -0.39 is 17.5 Å². The molecule has 1 unspecified atom stereocenters. The first kappa shape index (κ1) is 19.7. The number of hydrogen-bond acceptors (Lipinski definition) is 6. The zero-order chi connectivity index (χ0) is 21.5. The lowest BCUT2D eigenvalue weighted by Gasteiger charge is -2.32. The number of rotatable bonds is 4. The number of hydrogen-bond donors (Lipinski definition) is 2. The van der Waals surface area contributed by atoms with E-state index in [9.17, 15) is 14.9 Å². The van der Waals surface area contributed by atoms with Gasteiger partial charge in [0.2, 0.25) is 0 Å². The largest absolute Gasteiger partial charge is 0.495 e. The first-order chi connectivity index (χ1) is 14.4. The molecule has 2 heterocycles. The summed E-state index contributed by atoms with van der Waals surface area (Å²) in [5.74, 6) is -0.181. The van der Waals surface area contributed by atoms with E-state index in [0.29, 0.717) is 46.8 Å². The molecule has 4 N–H and O–H groups in total. The van der Waals surface area contributed by atoms with E-state index in [1.807, 2.05) is 30.3 Å². The molecule has 1 aromatic heterocycles. The number of nitriles is 1. The number of nitrogens with zero attached hydrogens (tertiary/aromatic N) is 3. The number of ether oxygens (including phenoxy) is 1. The maximum atomic E-state index is 12.5. The minimum Gasteiger partial charge on any atom is -0.495 e. The smallest absolute Gasteiger partial charge is 0.316 e. The zero-order valence-corrected chi connectivity index (χ0v) is 17.0. The molecule has 0 saturated carbocycles. The Balaban J connectivity index is 1.96. The number of urea groups is 1. The van der Waals surface area contributed by atoms with Crippen molar-refractivity contribution < 1.29 is 14.3 Å². The van der Waals surface area contributed by atoms with Gasteiger partial charge in [-0.2, -0.15) is 5.26 Å². The lowest BCUT2D eigenvalue weighted by molar-refractivity contribution is -0.127. The summed E-state index contributed by atoms with van der Waals surface area (Å²) in [4.78, 5) is 30.5. The van der Waals surface area contributed by atoms with Gasteiger partial charge in [-0.05, 0) is 25.0 Å². The maximum Gasteiger partial charge on any atom is 0.316 e. The Morgan fingerprint density at radius 3 is 2.63 bits per heavy atom. The average Bonchev–Trinajstić information content (AvgIpc) is 3.37. The fourth-order valence-electron chi connectivity index (χ4n) is 4.08. The highest BCUT2D eigenvalue weighted by molar-refractivity contribution is 7.19. The van der Waals surface area contributed by atoms with Crippen LogP contribution in [0, 0.1) is 11.3 Å². The molecule has 0 radical (unpaired) electrons. The number of benzene rings is 2. The van der Waals surface area contributed by atoms with Gasteiger partial charge in [0.25, 0.3) is 5.91 Å². The van der Waals surface area contributed by atoms with Gasteiger partial charge in [-0.1, -0.05) is 24.3 Å². The Hall–Kier alpha value is -3.64. The number of likely N-dealkylation sites (tertiary alicyclic amines) is 1. The second-order valence-corrected chi connectivity index (χ2v) is 7.98. The maximum absolute atomic E-state index is 12.5. The van der Waals surface area contributed by atoms with Crippen LogP contribution < -0.4 is 16.2 Å². The van der Waals surface area contributed by atoms with Crippen molar-refractivity contribution >= 4 is 33.5 Å². The average molecular weight is 421 g/mol. The van der Waals surface area contributed by atoms with Gasteiger partial charge in [-0.3, -0.25) is 4.79 Å². The Labute approximate surface area is 176 Å². The monoisotopic (exact) mass is 421 g/mol. The fraction of sp³-hybridized carbons (Fsp3) is 0.238. The van der Waals surface area contributed by atoms with Gasteiger partial charge >= 0.3 is 6.03 Å². The number of carbonyl (C=O) groups excluding carboxylic acids is 2. The first-order valence-corrected chi connectivity index (χ1v) is 10.1. The summed E-state index contributed by atoms with van der Waals surface area (Å²) in [6.07, 6.45) is 0.964.